The van der Waals surface area contributed by atoms with Gasteiger partial charge in [0.25, 0.3) is 0 Å². The van der Waals surface area contributed by atoms with E-state index in [0.29, 0.717) is 11.1 Å². The summed E-state index contributed by atoms with van der Waals surface area (Å²) in [7, 11) is 1.79. The minimum absolute atomic E-state index is 0.0492. The van der Waals surface area contributed by atoms with Gasteiger partial charge >= 0.3 is 0 Å². The lowest BCUT2D eigenvalue weighted by molar-refractivity contribution is 0.419. The van der Waals surface area contributed by atoms with Gasteiger partial charge in [0.2, 0.25) is 0 Å². The second-order valence-electron chi connectivity index (χ2n) is 4.18. The number of fused-ring (bicyclic) bond motifs is 1. The van der Waals surface area contributed by atoms with Gasteiger partial charge in [-0.15, -0.1) is 0 Å². The highest BCUT2D eigenvalue weighted by Gasteiger charge is 2.29. The predicted molar refractivity (Wildman–Crippen MR) is 55.8 cm³/mol. The van der Waals surface area contributed by atoms with Crippen LogP contribution in [0.25, 0.3) is 0 Å². The summed E-state index contributed by atoms with van der Waals surface area (Å²) in [5, 5.41) is 3.04. The van der Waals surface area contributed by atoms with Crippen molar-refractivity contribution in [3.8, 4) is 0 Å². The van der Waals surface area contributed by atoms with Crippen LogP contribution >= 0.6 is 0 Å². The standard InChI is InChI=1S/C12H15F2N/c1-7-3-6-10(15-2)12-9(14)5-4-8(13)11(7)12/h4-5,7,10,15H,3,6H2,1-2H3. The van der Waals surface area contributed by atoms with Crippen LogP contribution in [0, 0.1) is 11.6 Å². The van der Waals surface area contributed by atoms with Crippen LogP contribution < -0.4 is 5.32 Å². The van der Waals surface area contributed by atoms with Crippen LogP contribution in [0.1, 0.15) is 42.9 Å². The molecule has 2 rings (SSSR count). The average molecular weight is 211 g/mol. The van der Waals surface area contributed by atoms with E-state index in [2.05, 4.69) is 5.32 Å². The van der Waals surface area contributed by atoms with Crippen molar-refractivity contribution < 1.29 is 8.78 Å². The first-order valence-corrected chi connectivity index (χ1v) is 5.30. The fraction of sp³-hybridized carbons (Fsp3) is 0.500. The number of benzene rings is 1. The van der Waals surface area contributed by atoms with Gasteiger partial charge in [-0.25, -0.2) is 8.78 Å². The third-order valence-electron chi connectivity index (χ3n) is 3.26. The van der Waals surface area contributed by atoms with Crippen molar-refractivity contribution in [1.82, 2.24) is 5.32 Å². The summed E-state index contributed by atoms with van der Waals surface area (Å²) in [5.41, 5.74) is 1.08. The maximum absolute atomic E-state index is 13.7. The number of halogens is 2. The molecule has 0 saturated heterocycles. The lowest BCUT2D eigenvalue weighted by atomic mass is 9.80. The third-order valence-corrected chi connectivity index (χ3v) is 3.26. The molecule has 0 heterocycles. The third kappa shape index (κ3) is 1.65. The molecule has 1 aliphatic carbocycles. The zero-order valence-electron chi connectivity index (χ0n) is 8.98. The van der Waals surface area contributed by atoms with Gasteiger partial charge in [0.05, 0.1) is 0 Å². The van der Waals surface area contributed by atoms with E-state index in [1.54, 1.807) is 7.05 Å². The molecule has 0 fully saturated rings. The minimum Gasteiger partial charge on any atom is -0.313 e. The molecule has 0 saturated carbocycles. The molecular formula is C12H15F2N. The Labute approximate surface area is 88.5 Å². The van der Waals surface area contributed by atoms with Gasteiger partial charge in [-0.2, -0.15) is 0 Å². The second kappa shape index (κ2) is 3.89. The predicted octanol–water partition coefficient (Wildman–Crippen LogP) is 3.12. The number of rotatable bonds is 1. The number of hydrogen-bond donors (Lipinski definition) is 1. The maximum Gasteiger partial charge on any atom is 0.128 e. The molecule has 1 aromatic carbocycles. The highest BCUT2D eigenvalue weighted by Crippen LogP contribution is 2.39. The summed E-state index contributed by atoms with van der Waals surface area (Å²) in [6.45, 7) is 1.95. The first-order valence-electron chi connectivity index (χ1n) is 5.30. The molecule has 15 heavy (non-hydrogen) atoms. The number of hydrogen-bond acceptors (Lipinski definition) is 1. The highest BCUT2D eigenvalue weighted by molar-refractivity contribution is 5.37. The lowest BCUT2D eigenvalue weighted by Crippen LogP contribution is -2.25. The zero-order chi connectivity index (χ0) is 11.0. The molecule has 0 aliphatic heterocycles. The summed E-state index contributed by atoms with van der Waals surface area (Å²) in [4.78, 5) is 0. The van der Waals surface area contributed by atoms with Crippen LogP contribution in [0.3, 0.4) is 0 Å². The van der Waals surface area contributed by atoms with Crippen LogP contribution in [-0.4, -0.2) is 7.05 Å². The topological polar surface area (TPSA) is 12.0 Å². The van der Waals surface area contributed by atoms with Crippen molar-refractivity contribution >= 4 is 0 Å². The Balaban J connectivity index is 2.60. The number of nitrogens with one attached hydrogen (secondary N) is 1. The Morgan fingerprint density at radius 2 is 1.73 bits per heavy atom. The van der Waals surface area contributed by atoms with E-state index >= 15 is 0 Å². The average Bonchev–Trinajstić information content (AvgIpc) is 2.23. The molecule has 0 bridgehead atoms. The molecule has 0 radical (unpaired) electrons. The quantitative estimate of drug-likeness (QED) is 0.752. The van der Waals surface area contributed by atoms with E-state index in [4.69, 9.17) is 0 Å². The minimum atomic E-state index is -0.294. The largest absolute Gasteiger partial charge is 0.313 e. The summed E-state index contributed by atoms with van der Waals surface area (Å²) in [6.07, 6.45) is 1.77. The molecule has 82 valence electrons. The molecule has 2 unspecified atom stereocenters. The molecule has 2 atom stereocenters. The van der Waals surface area contributed by atoms with Crippen molar-refractivity contribution in [2.45, 2.75) is 31.7 Å². The second-order valence-corrected chi connectivity index (χ2v) is 4.18. The van der Waals surface area contributed by atoms with Crippen LogP contribution in [0.5, 0.6) is 0 Å². The van der Waals surface area contributed by atoms with Gasteiger partial charge in [-0.1, -0.05) is 6.92 Å². The Morgan fingerprint density at radius 3 is 2.33 bits per heavy atom. The Hall–Kier alpha value is -0.960. The van der Waals surface area contributed by atoms with Gasteiger partial charge in [0.15, 0.2) is 0 Å². The summed E-state index contributed by atoms with van der Waals surface area (Å²) >= 11 is 0. The van der Waals surface area contributed by atoms with Crippen molar-refractivity contribution in [1.29, 1.82) is 0 Å². The van der Waals surface area contributed by atoms with E-state index in [-0.39, 0.29) is 23.6 Å². The maximum atomic E-state index is 13.7. The van der Waals surface area contributed by atoms with Crippen molar-refractivity contribution in [3.63, 3.8) is 0 Å². The summed E-state index contributed by atoms with van der Waals surface area (Å²) in [5.74, 6) is -0.462. The molecule has 1 aromatic rings. The van der Waals surface area contributed by atoms with Crippen LogP contribution in [-0.2, 0) is 0 Å². The van der Waals surface area contributed by atoms with Crippen molar-refractivity contribution in [3.05, 3.63) is 34.9 Å². The molecule has 0 aromatic heterocycles. The van der Waals surface area contributed by atoms with Crippen LogP contribution in [0.2, 0.25) is 0 Å². The summed E-state index contributed by atoms with van der Waals surface area (Å²) in [6, 6.07) is 2.39. The van der Waals surface area contributed by atoms with Crippen molar-refractivity contribution in [2.24, 2.45) is 0 Å². The van der Waals surface area contributed by atoms with Crippen LogP contribution in [0.15, 0.2) is 12.1 Å². The zero-order valence-corrected chi connectivity index (χ0v) is 8.98. The van der Waals surface area contributed by atoms with Gasteiger partial charge in [0, 0.05) is 11.6 Å². The molecule has 0 spiro atoms. The first-order chi connectivity index (χ1) is 7.15. The van der Waals surface area contributed by atoms with Crippen LogP contribution in [0.4, 0.5) is 8.78 Å². The van der Waals surface area contributed by atoms with Gasteiger partial charge in [-0.3, -0.25) is 0 Å². The van der Waals surface area contributed by atoms with E-state index in [1.807, 2.05) is 6.92 Å². The molecular weight excluding hydrogens is 196 g/mol. The highest BCUT2D eigenvalue weighted by atomic mass is 19.1. The molecule has 3 heteroatoms. The van der Waals surface area contributed by atoms with E-state index in [0.717, 1.165) is 12.8 Å². The fourth-order valence-electron chi connectivity index (χ4n) is 2.43. The Kier molecular flexibility index (Phi) is 2.74. The first kappa shape index (κ1) is 10.6. The monoisotopic (exact) mass is 211 g/mol. The molecule has 1 nitrogen and oxygen atoms in total. The Morgan fingerprint density at radius 1 is 1.13 bits per heavy atom. The smallest absolute Gasteiger partial charge is 0.128 e. The molecule has 1 N–H and O–H groups in total. The van der Waals surface area contributed by atoms with E-state index in [9.17, 15) is 8.78 Å². The Bertz CT molecular complexity index is 376. The lowest BCUT2D eigenvalue weighted by Gasteiger charge is -2.30. The normalized spacial score (nSPS) is 25.1. The SMILES string of the molecule is CNC1CCC(C)c2c(F)ccc(F)c21. The van der Waals surface area contributed by atoms with Gasteiger partial charge in [0.1, 0.15) is 11.6 Å². The van der Waals surface area contributed by atoms with E-state index in [1.165, 1.54) is 12.1 Å². The van der Waals surface area contributed by atoms with Gasteiger partial charge < -0.3 is 5.32 Å². The molecule has 0 amide bonds. The fourth-order valence-corrected chi connectivity index (χ4v) is 2.43. The van der Waals surface area contributed by atoms with E-state index < -0.39 is 0 Å². The van der Waals surface area contributed by atoms with Crippen molar-refractivity contribution in [2.75, 3.05) is 7.05 Å². The molecule has 1 aliphatic rings. The van der Waals surface area contributed by atoms with Gasteiger partial charge in [-0.05, 0) is 43.5 Å². The summed E-state index contributed by atoms with van der Waals surface area (Å²) < 4.78 is 27.3.